The van der Waals surface area contributed by atoms with Gasteiger partial charge in [0.2, 0.25) is 0 Å². The minimum atomic E-state index is -0.164. The molecule has 3 aromatic rings. The minimum Gasteiger partial charge on any atom is -0.460 e. The summed E-state index contributed by atoms with van der Waals surface area (Å²) in [6, 6.07) is 28.2. The molecule has 1 saturated heterocycles. The van der Waals surface area contributed by atoms with E-state index in [1.54, 1.807) is 0 Å². The number of carbonyl (C=O) groups is 1. The number of rotatable bonds is 5. The molecule has 0 bridgehead atoms. The van der Waals surface area contributed by atoms with Crippen LogP contribution >= 0.6 is 11.6 Å². The third kappa shape index (κ3) is 3.38. The van der Waals surface area contributed by atoms with Gasteiger partial charge in [-0.1, -0.05) is 84.4 Å². The van der Waals surface area contributed by atoms with Crippen molar-refractivity contribution < 1.29 is 9.53 Å². The van der Waals surface area contributed by atoms with Gasteiger partial charge in [0.15, 0.2) is 0 Å². The molecule has 4 rings (SSSR count). The van der Waals surface area contributed by atoms with Gasteiger partial charge in [0.1, 0.15) is 6.10 Å². The van der Waals surface area contributed by atoms with E-state index in [0.717, 1.165) is 16.7 Å². The molecular formula is C23H19ClO2. The van der Waals surface area contributed by atoms with Crippen LogP contribution in [0.3, 0.4) is 0 Å². The highest BCUT2D eigenvalue weighted by molar-refractivity contribution is 6.30. The summed E-state index contributed by atoms with van der Waals surface area (Å²) >= 11 is 5.97. The maximum Gasteiger partial charge on any atom is 0.313 e. The molecule has 3 aromatic carbocycles. The SMILES string of the molecule is O=C1OC(C(c2ccccc2)c2ccccc2)C1Cc1ccc(Cl)cc1. The van der Waals surface area contributed by atoms with Gasteiger partial charge < -0.3 is 4.74 Å². The monoisotopic (exact) mass is 362 g/mol. The number of ether oxygens (including phenoxy) is 1. The zero-order valence-corrected chi connectivity index (χ0v) is 15.0. The molecular weight excluding hydrogens is 344 g/mol. The second kappa shape index (κ2) is 7.35. The van der Waals surface area contributed by atoms with Gasteiger partial charge in [0.05, 0.1) is 5.92 Å². The summed E-state index contributed by atoms with van der Waals surface area (Å²) < 4.78 is 5.65. The highest BCUT2D eigenvalue weighted by atomic mass is 35.5. The van der Waals surface area contributed by atoms with Crippen LogP contribution in [0.15, 0.2) is 84.9 Å². The summed E-state index contributed by atoms with van der Waals surface area (Å²) in [6.07, 6.45) is 0.500. The quantitative estimate of drug-likeness (QED) is 0.579. The van der Waals surface area contributed by atoms with E-state index in [4.69, 9.17) is 16.3 Å². The summed E-state index contributed by atoms with van der Waals surface area (Å²) in [5.74, 6) is -0.240. The second-order valence-electron chi connectivity index (χ2n) is 6.64. The topological polar surface area (TPSA) is 26.3 Å². The summed E-state index contributed by atoms with van der Waals surface area (Å²) in [5.41, 5.74) is 3.43. The molecule has 26 heavy (non-hydrogen) atoms. The molecule has 0 amide bonds. The average Bonchev–Trinajstić information content (AvgIpc) is 2.69. The van der Waals surface area contributed by atoms with Gasteiger partial charge in [-0.05, 0) is 35.2 Å². The molecule has 2 unspecified atom stereocenters. The summed E-state index contributed by atoms with van der Waals surface area (Å²) in [4.78, 5) is 12.2. The first-order valence-electron chi connectivity index (χ1n) is 8.77. The van der Waals surface area contributed by atoms with Crippen molar-refractivity contribution in [3.05, 3.63) is 107 Å². The van der Waals surface area contributed by atoms with Gasteiger partial charge in [0.25, 0.3) is 0 Å². The molecule has 0 radical (unpaired) electrons. The maximum atomic E-state index is 12.2. The van der Waals surface area contributed by atoms with E-state index in [0.29, 0.717) is 11.4 Å². The molecule has 0 spiro atoms. The molecule has 2 nitrogen and oxygen atoms in total. The third-order valence-corrected chi connectivity index (χ3v) is 5.22. The predicted molar refractivity (Wildman–Crippen MR) is 103 cm³/mol. The summed E-state index contributed by atoms with van der Waals surface area (Å²) in [5, 5.41) is 0.702. The van der Waals surface area contributed by atoms with E-state index in [1.807, 2.05) is 60.7 Å². The summed E-state index contributed by atoms with van der Waals surface area (Å²) in [7, 11) is 0. The summed E-state index contributed by atoms with van der Waals surface area (Å²) in [6.45, 7) is 0. The molecule has 1 aliphatic rings. The Kier molecular flexibility index (Phi) is 4.77. The van der Waals surface area contributed by atoms with Crippen LogP contribution in [0.4, 0.5) is 0 Å². The maximum absolute atomic E-state index is 12.2. The highest BCUT2D eigenvalue weighted by Crippen LogP contribution is 2.40. The number of hydrogen-bond acceptors (Lipinski definition) is 2. The molecule has 0 N–H and O–H groups in total. The third-order valence-electron chi connectivity index (χ3n) is 4.97. The molecule has 1 heterocycles. The van der Waals surface area contributed by atoms with E-state index in [1.165, 1.54) is 0 Å². The Hall–Kier alpha value is -2.58. The lowest BCUT2D eigenvalue weighted by Crippen LogP contribution is -2.50. The minimum absolute atomic E-state index is 0.0346. The normalized spacial score (nSPS) is 19.1. The molecule has 130 valence electrons. The fourth-order valence-corrected chi connectivity index (χ4v) is 3.76. The van der Waals surface area contributed by atoms with E-state index >= 15 is 0 Å². The first-order chi connectivity index (χ1) is 12.7. The zero-order valence-electron chi connectivity index (χ0n) is 14.2. The average molecular weight is 363 g/mol. The van der Waals surface area contributed by atoms with Crippen molar-refractivity contribution in [3.63, 3.8) is 0 Å². The van der Waals surface area contributed by atoms with E-state index < -0.39 is 0 Å². The Balaban J connectivity index is 1.65. The fourth-order valence-electron chi connectivity index (χ4n) is 3.63. The van der Waals surface area contributed by atoms with Crippen LogP contribution in [0.25, 0.3) is 0 Å². The van der Waals surface area contributed by atoms with Gasteiger partial charge in [-0.3, -0.25) is 4.79 Å². The molecule has 0 aliphatic carbocycles. The van der Waals surface area contributed by atoms with Crippen molar-refractivity contribution >= 4 is 17.6 Å². The predicted octanol–water partition coefficient (Wildman–Crippen LogP) is 5.26. The molecule has 1 fully saturated rings. The number of halogens is 1. The van der Waals surface area contributed by atoms with E-state index in [9.17, 15) is 4.79 Å². The van der Waals surface area contributed by atoms with E-state index in [-0.39, 0.29) is 23.9 Å². The Bertz CT molecular complexity index is 836. The first kappa shape index (κ1) is 16.9. The number of esters is 1. The second-order valence-corrected chi connectivity index (χ2v) is 7.07. The van der Waals surface area contributed by atoms with Gasteiger partial charge in [-0.2, -0.15) is 0 Å². The molecule has 2 atom stereocenters. The van der Waals surface area contributed by atoms with Crippen LogP contribution in [0.1, 0.15) is 22.6 Å². The van der Waals surface area contributed by atoms with Crippen LogP contribution in [-0.4, -0.2) is 12.1 Å². The van der Waals surface area contributed by atoms with Gasteiger partial charge >= 0.3 is 5.97 Å². The van der Waals surface area contributed by atoms with Crippen molar-refractivity contribution in [2.75, 3.05) is 0 Å². The largest absolute Gasteiger partial charge is 0.460 e. The highest BCUT2D eigenvalue weighted by Gasteiger charge is 2.47. The fraction of sp³-hybridized carbons (Fsp3) is 0.174. The standard InChI is InChI=1S/C23H19ClO2/c24-19-13-11-16(12-14-19)15-20-22(26-23(20)25)21(17-7-3-1-4-8-17)18-9-5-2-6-10-18/h1-14,20-22H,15H2. The van der Waals surface area contributed by atoms with Gasteiger partial charge in [-0.25, -0.2) is 0 Å². The van der Waals surface area contributed by atoms with Crippen LogP contribution in [0, 0.1) is 5.92 Å². The molecule has 3 heteroatoms. The van der Waals surface area contributed by atoms with Crippen LogP contribution in [0.5, 0.6) is 0 Å². The number of hydrogen-bond donors (Lipinski definition) is 0. The lowest BCUT2D eigenvalue weighted by atomic mass is 9.76. The first-order valence-corrected chi connectivity index (χ1v) is 9.15. The lowest BCUT2D eigenvalue weighted by Gasteiger charge is -2.41. The number of cyclic esters (lactones) is 1. The van der Waals surface area contributed by atoms with Crippen molar-refractivity contribution in [1.82, 2.24) is 0 Å². The Morgan fingerprint density at radius 2 is 1.35 bits per heavy atom. The van der Waals surface area contributed by atoms with Gasteiger partial charge in [0, 0.05) is 10.9 Å². The molecule has 0 saturated carbocycles. The van der Waals surface area contributed by atoms with Crippen LogP contribution < -0.4 is 0 Å². The van der Waals surface area contributed by atoms with Crippen molar-refractivity contribution in [1.29, 1.82) is 0 Å². The van der Waals surface area contributed by atoms with Crippen LogP contribution in [0.2, 0.25) is 5.02 Å². The Morgan fingerprint density at radius 1 is 0.808 bits per heavy atom. The van der Waals surface area contributed by atoms with E-state index in [2.05, 4.69) is 24.3 Å². The Morgan fingerprint density at radius 3 is 1.85 bits per heavy atom. The van der Waals surface area contributed by atoms with Crippen molar-refractivity contribution in [2.45, 2.75) is 18.4 Å². The van der Waals surface area contributed by atoms with Crippen molar-refractivity contribution in [3.8, 4) is 0 Å². The van der Waals surface area contributed by atoms with Gasteiger partial charge in [-0.15, -0.1) is 0 Å². The van der Waals surface area contributed by atoms with Crippen molar-refractivity contribution in [2.24, 2.45) is 5.92 Å². The Labute approximate surface area is 158 Å². The zero-order chi connectivity index (χ0) is 17.9. The smallest absolute Gasteiger partial charge is 0.313 e. The molecule has 1 aliphatic heterocycles. The number of benzene rings is 3. The van der Waals surface area contributed by atoms with Crippen LogP contribution in [-0.2, 0) is 16.0 Å². The molecule has 0 aromatic heterocycles. The number of carbonyl (C=O) groups excluding carboxylic acids is 1. The lowest BCUT2D eigenvalue weighted by molar-refractivity contribution is -0.186.